The first-order chi connectivity index (χ1) is 18.7. The van der Waals surface area contributed by atoms with Crippen molar-refractivity contribution < 1.29 is 13.9 Å². The Bertz CT molecular complexity index is 1650. The van der Waals surface area contributed by atoms with Crippen LogP contribution in [-0.2, 0) is 23.6 Å². The lowest BCUT2D eigenvalue weighted by molar-refractivity contribution is -0.114. The second-order valence-electron chi connectivity index (χ2n) is 9.89. The topological polar surface area (TPSA) is 86.9 Å². The van der Waals surface area contributed by atoms with Crippen molar-refractivity contribution in [2.45, 2.75) is 36.8 Å². The maximum absolute atomic E-state index is 14.5. The number of anilines is 1. The predicted molar refractivity (Wildman–Crippen MR) is 155 cm³/mol. The van der Waals surface area contributed by atoms with Crippen LogP contribution in [0.2, 0.25) is 10.3 Å². The number of benzene rings is 1. The molecule has 15 heteroatoms. The summed E-state index contributed by atoms with van der Waals surface area (Å²) in [5, 5.41) is 7.49. The molecule has 8 nitrogen and oxygen atoms in total. The van der Waals surface area contributed by atoms with Crippen LogP contribution >= 0.6 is 11.6 Å². The van der Waals surface area contributed by atoms with Gasteiger partial charge in [0.2, 0.25) is 5.91 Å². The molecule has 5 rings (SSSR count). The fourth-order valence-corrected chi connectivity index (χ4v) is 4.91. The Morgan fingerprint density at radius 2 is 1.93 bits per heavy atom. The normalized spacial score (nSPS) is 15.1. The summed E-state index contributed by atoms with van der Waals surface area (Å²) in [5.41, 5.74) is 3.69. The minimum atomic E-state index is -2.13. The molecule has 0 saturated heterocycles. The van der Waals surface area contributed by atoms with E-state index in [9.17, 15) is 9.18 Å². The van der Waals surface area contributed by atoms with Crippen LogP contribution in [0.3, 0.4) is 0 Å². The van der Waals surface area contributed by atoms with Gasteiger partial charge in [0.15, 0.2) is 16.7 Å². The highest BCUT2D eigenvalue weighted by Crippen LogP contribution is 2.43. The number of pyridine rings is 1. The van der Waals surface area contributed by atoms with Gasteiger partial charge in [-0.2, -0.15) is 10.2 Å². The summed E-state index contributed by atoms with van der Waals surface area (Å²) in [5.74, 6) is -0.520. The van der Waals surface area contributed by atoms with Gasteiger partial charge in [-0.15, -0.1) is 5.11 Å². The molecule has 0 fully saturated rings. The van der Waals surface area contributed by atoms with E-state index in [2.05, 4.69) is 20.5 Å². The zero-order valence-electron chi connectivity index (χ0n) is 21.9. The average Bonchev–Trinajstić information content (AvgIpc) is 3.38. The summed E-state index contributed by atoms with van der Waals surface area (Å²) in [6.45, 7) is 3.09. The van der Waals surface area contributed by atoms with E-state index >= 15 is 0 Å². The first-order valence-corrected chi connectivity index (χ1v) is 12.5. The van der Waals surface area contributed by atoms with E-state index in [1.54, 1.807) is 30.8 Å². The van der Waals surface area contributed by atoms with Gasteiger partial charge < -0.3 is 10.1 Å². The highest BCUT2D eigenvalue weighted by molar-refractivity contribution is 6.66. The van der Waals surface area contributed by atoms with Gasteiger partial charge in [0.25, 0.3) is 0 Å². The number of hydrogen-bond acceptors (Lipinski definition) is 5. The molecule has 4 heterocycles. The third-order valence-electron chi connectivity index (χ3n) is 6.68. The quantitative estimate of drug-likeness (QED) is 0.402. The van der Waals surface area contributed by atoms with E-state index in [1.807, 2.05) is 6.20 Å². The number of ether oxygens (including phenoxy) is 1. The zero-order chi connectivity index (χ0) is 29.1. The van der Waals surface area contributed by atoms with Crippen LogP contribution in [-0.4, -0.2) is 69.7 Å². The Hall–Kier alpha value is -3.40. The molecule has 0 saturated carbocycles. The Morgan fingerprint density at radius 3 is 2.60 bits per heavy atom. The van der Waals surface area contributed by atoms with E-state index in [-0.39, 0.29) is 29.0 Å². The van der Waals surface area contributed by atoms with Gasteiger partial charge >= 0.3 is 0 Å². The van der Waals surface area contributed by atoms with Crippen molar-refractivity contribution in [2.24, 2.45) is 7.05 Å². The zero-order valence-corrected chi connectivity index (χ0v) is 22.7. The number of carbonyl (C=O) groups is 1. The molecule has 0 unspecified atom stereocenters. The van der Waals surface area contributed by atoms with Crippen molar-refractivity contribution in [3.05, 3.63) is 64.3 Å². The molecule has 0 spiro atoms. The van der Waals surface area contributed by atoms with Crippen LogP contribution in [0.25, 0.3) is 22.5 Å². The SMILES string of the molecule is [B]C([B])([B])C([B])([B])n1nc(Cl)c2c1-c1cnc(NC(C)=O)c(c1)O[C@H](C)c1cc(F)ccc1-c1nn(C)cc1C2. The smallest absolute Gasteiger partial charge is 0.222 e. The number of fused-ring (bicyclic) bond motifs is 7. The number of nitrogens with zero attached hydrogens (tertiary/aromatic N) is 5. The van der Waals surface area contributed by atoms with Crippen LogP contribution in [0, 0.1) is 5.82 Å². The molecule has 0 aliphatic carbocycles. The summed E-state index contributed by atoms with van der Waals surface area (Å²) in [7, 11) is 32.3. The standard InChI is InChI=1S/C25H19B5ClFN6O2/c1-11-17-8-15(32)4-5-16(17)20-14(10-37(3)35-20)6-18-21(38(36-22(18)31)25(29,30)24(26,27)28)13-7-19(40-11)23(33-9-13)34-12(2)39/h4-5,7-11H,6H2,1-3H3,(H,33,34,39)/t11-/m1/s1. The van der Waals surface area contributed by atoms with Gasteiger partial charge in [-0.05, 0) is 36.5 Å². The van der Waals surface area contributed by atoms with Crippen LogP contribution in [0.5, 0.6) is 5.75 Å². The average molecular weight is 544 g/mol. The number of nitrogens with one attached hydrogen (secondary N) is 1. The largest absolute Gasteiger partial charge is 0.482 e. The van der Waals surface area contributed by atoms with Crippen LogP contribution < -0.4 is 10.1 Å². The van der Waals surface area contributed by atoms with Gasteiger partial charge in [0, 0.05) is 60.6 Å². The third kappa shape index (κ3) is 4.87. The molecule has 1 aliphatic heterocycles. The third-order valence-corrected chi connectivity index (χ3v) is 6.99. The van der Waals surface area contributed by atoms with Gasteiger partial charge in [-0.1, -0.05) is 11.6 Å². The predicted octanol–water partition coefficient (Wildman–Crippen LogP) is 2.67. The molecular weight excluding hydrogens is 525 g/mol. The Labute approximate surface area is 242 Å². The summed E-state index contributed by atoms with van der Waals surface area (Å²) in [6, 6.07) is 5.97. The van der Waals surface area contributed by atoms with E-state index in [4.69, 9.17) is 55.6 Å². The summed E-state index contributed by atoms with van der Waals surface area (Å²) < 4.78 is 23.6. The highest BCUT2D eigenvalue weighted by atomic mass is 35.5. The number of amides is 1. The van der Waals surface area contributed by atoms with Gasteiger partial charge in [0.1, 0.15) is 11.9 Å². The van der Waals surface area contributed by atoms with E-state index in [0.29, 0.717) is 33.6 Å². The maximum atomic E-state index is 14.5. The highest BCUT2D eigenvalue weighted by Gasteiger charge is 2.37. The first kappa shape index (κ1) is 28.1. The van der Waals surface area contributed by atoms with Crippen LogP contribution in [0.4, 0.5) is 10.2 Å². The van der Waals surface area contributed by atoms with Gasteiger partial charge in [-0.3, -0.25) is 14.2 Å². The molecule has 3 aromatic heterocycles. The number of aryl methyl sites for hydroxylation is 1. The Kier molecular flexibility index (Phi) is 6.97. The second kappa shape index (κ2) is 9.91. The maximum Gasteiger partial charge on any atom is 0.222 e. The van der Waals surface area contributed by atoms with Crippen molar-refractivity contribution in [2.75, 3.05) is 5.32 Å². The number of hydrogen-bond donors (Lipinski definition) is 1. The van der Waals surface area contributed by atoms with E-state index in [1.165, 1.54) is 25.3 Å². The van der Waals surface area contributed by atoms with Crippen molar-refractivity contribution in [1.82, 2.24) is 24.5 Å². The molecule has 2 bridgehead atoms. The van der Waals surface area contributed by atoms with Crippen LogP contribution in [0.15, 0.2) is 36.7 Å². The van der Waals surface area contributed by atoms with Crippen molar-refractivity contribution in [3.8, 4) is 28.3 Å². The lowest BCUT2D eigenvalue weighted by atomic mass is 9.26. The monoisotopic (exact) mass is 544 g/mol. The molecule has 40 heavy (non-hydrogen) atoms. The second-order valence-corrected chi connectivity index (χ2v) is 10.2. The minimum absolute atomic E-state index is 0.0486. The molecule has 1 aliphatic rings. The van der Waals surface area contributed by atoms with E-state index < -0.39 is 22.4 Å². The fraction of sp³-hybridized carbons (Fsp3) is 0.280. The molecule has 190 valence electrons. The lowest BCUT2D eigenvalue weighted by Gasteiger charge is -2.43. The van der Waals surface area contributed by atoms with E-state index in [0.717, 1.165) is 10.2 Å². The molecule has 10 radical (unpaired) electrons. The number of aromatic nitrogens is 5. The van der Waals surface area contributed by atoms with Crippen molar-refractivity contribution >= 4 is 62.6 Å². The lowest BCUT2D eigenvalue weighted by Crippen LogP contribution is -2.49. The molecule has 1 N–H and O–H groups in total. The molecular formula is C25H19B5ClFN6O2. The summed E-state index contributed by atoms with van der Waals surface area (Å²) in [4.78, 5) is 16.4. The Morgan fingerprint density at radius 1 is 1.20 bits per heavy atom. The Balaban J connectivity index is 1.86. The molecule has 1 amide bonds. The molecule has 1 atom stereocenters. The molecule has 1 aromatic carbocycles. The van der Waals surface area contributed by atoms with Gasteiger partial charge in [0.05, 0.1) is 50.6 Å². The van der Waals surface area contributed by atoms with Gasteiger partial charge in [-0.25, -0.2) is 9.37 Å². The van der Waals surface area contributed by atoms with Crippen molar-refractivity contribution in [3.63, 3.8) is 0 Å². The molecule has 4 aromatic rings. The fourth-order valence-electron chi connectivity index (χ4n) is 4.68. The summed E-state index contributed by atoms with van der Waals surface area (Å²) in [6.07, 6.45) is 2.78. The number of rotatable bonds is 3. The number of carbonyl (C=O) groups excluding carboxylic acids is 1. The number of halogens is 2. The van der Waals surface area contributed by atoms with Crippen LogP contribution in [0.1, 0.15) is 36.6 Å². The summed E-state index contributed by atoms with van der Waals surface area (Å²) >= 11 is 6.69. The first-order valence-electron chi connectivity index (χ1n) is 12.2. The minimum Gasteiger partial charge on any atom is -0.482 e. The van der Waals surface area contributed by atoms with Crippen molar-refractivity contribution in [1.29, 1.82) is 0 Å².